The summed E-state index contributed by atoms with van der Waals surface area (Å²) in [6.07, 6.45) is -0.744. The smallest absolute Gasteiger partial charge is 0.131 e. The molecule has 1 aromatic rings. The minimum Gasteiger partial charge on any atom is -0.389 e. The van der Waals surface area contributed by atoms with Gasteiger partial charge in [0.1, 0.15) is 5.82 Å². The lowest BCUT2D eigenvalue weighted by Crippen LogP contribution is -2.52. The molecule has 0 bridgehead atoms. The largest absolute Gasteiger partial charge is 0.389 e. The van der Waals surface area contributed by atoms with Crippen LogP contribution >= 0.6 is 0 Å². The number of nitrogens with zero attached hydrogens (tertiary/aromatic N) is 1. The highest BCUT2D eigenvalue weighted by molar-refractivity contribution is 5.56. The normalized spacial score (nSPS) is 24.3. The molecule has 1 unspecified atom stereocenters. The summed E-state index contributed by atoms with van der Waals surface area (Å²) in [5.74, 6) is -0.357. The third-order valence-corrected chi connectivity index (χ3v) is 3.36. The molecule has 106 valence electrons. The number of aliphatic hydroxyl groups excluding tert-OH is 1. The van der Waals surface area contributed by atoms with Gasteiger partial charge in [-0.3, -0.25) is 0 Å². The van der Waals surface area contributed by atoms with Crippen molar-refractivity contribution in [3.05, 3.63) is 29.6 Å². The number of aliphatic hydroxyl groups is 1. The standard InChI is InChI=1S/C15H22FNO2/c1-10-8-17(9-15(3,4)19-10)13-7-5-6-12(16)14(13)11(2)18/h5-7,10-11,18H,8-9H2,1-4H3/t10?,11-/m0/s1. The van der Waals surface area contributed by atoms with Gasteiger partial charge in [0.2, 0.25) is 0 Å². The third kappa shape index (κ3) is 3.07. The first-order valence-corrected chi connectivity index (χ1v) is 6.69. The zero-order valence-electron chi connectivity index (χ0n) is 12.0. The monoisotopic (exact) mass is 267 g/mol. The lowest BCUT2D eigenvalue weighted by atomic mass is 10.0. The zero-order chi connectivity index (χ0) is 14.2. The lowest BCUT2D eigenvalue weighted by Gasteiger charge is -2.43. The summed E-state index contributed by atoms with van der Waals surface area (Å²) in [5, 5.41) is 9.81. The van der Waals surface area contributed by atoms with Crippen molar-refractivity contribution in [3.8, 4) is 0 Å². The van der Waals surface area contributed by atoms with Crippen LogP contribution < -0.4 is 4.90 Å². The van der Waals surface area contributed by atoms with E-state index in [1.54, 1.807) is 13.0 Å². The van der Waals surface area contributed by atoms with Gasteiger partial charge in [0.05, 0.1) is 17.8 Å². The van der Waals surface area contributed by atoms with Gasteiger partial charge in [0, 0.05) is 24.3 Å². The van der Waals surface area contributed by atoms with Gasteiger partial charge in [-0.25, -0.2) is 4.39 Å². The number of hydrogen-bond donors (Lipinski definition) is 1. The van der Waals surface area contributed by atoms with Crippen LogP contribution in [0.3, 0.4) is 0 Å². The molecule has 0 radical (unpaired) electrons. The molecular formula is C15H22FNO2. The SMILES string of the molecule is CC1CN(c2cccc(F)c2[C@H](C)O)CC(C)(C)O1. The Morgan fingerprint density at radius 1 is 1.47 bits per heavy atom. The highest BCUT2D eigenvalue weighted by atomic mass is 19.1. The Kier molecular flexibility index (Phi) is 3.83. The molecule has 2 atom stereocenters. The van der Waals surface area contributed by atoms with Crippen LogP contribution in [0.4, 0.5) is 10.1 Å². The van der Waals surface area contributed by atoms with E-state index in [1.165, 1.54) is 6.07 Å². The quantitative estimate of drug-likeness (QED) is 0.894. The summed E-state index contributed by atoms with van der Waals surface area (Å²) in [6.45, 7) is 9.04. The molecule has 4 heteroatoms. The predicted octanol–water partition coefficient (Wildman–Crippen LogP) is 2.88. The second-order valence-electron chi connectivity index (χ2n) is 5.92. The van der Waals surface area contributed by atoms with E-state index in [-0.39, 0.29) is 17.5 Å². The van der Waals surface area contributed by atoms with Crippen LogP contribution in [-0.4, -0.2) is 29.9 Å². The molecule has 3 nitrogen and oxygen atoms in total. The van der Waals surface area contributed by atoms with E-state index in [2.05, 4.69) is 4.90 Å². The summed E-state index contributed by atoms with van der Waals surface area (Å²) in [7, 11) is 0. The number of anilines is 1. The topological polar surface area (TPSA) is 32.7 Å². The summed E-state index contributed by atoms with van der Waals surface area (Å²) in [4.78, 5) is 2.10. The van der Waals surface area contributed by atoms with Crippen molar-refractivity contribution in [1.29, 1.82) is 0 Å². The van der Waals surface area contributed by atoms with Gasteiger partial charge in [0.25, 0.3) is 0 Å². The summed E-state index contributed by atoms with van der Waals surface area (Å²) < 4.78 is 19.8. The second-order valence-corrected chi connectivity index (χ2v) is 5.92. The Hall–Kier alpha value is -1.13. The Labute approximate surface area is 114 Å². The maximum Gasteiger partial charge on any atom is 0.131 e. The van der Waals surface area contributed by atoms with Gasteiger partial charge in [-0.1, -0.05) is 6.07 Å². The van der Waals surface area contributed by atoms with Crippen LogP contribution in [0.2, 0.25) is 0 Å². The van der Waals surface area contributed by atoms with Crippen LogP contribution in [0.25, 0.3) is 0 Å². The van der Waals surface area contributed by atoms with Crippen molar-refractivity contribution in [1.82, 2.24) is 0 Å². The van der Waals surface area contributed by atoms with Crippen LogP contribution in [-0.2, 0) is 4.74 Å². The Morgan fingerprint density at radius 2 is 2.16 bits per heavy atom. The van der Waals surface area contributed by atoms with Gasteiger partial charge < -0.3 is 14.7 Å². The van der Waals surface area contributed by atoms with E-state index >= 15 is 0 Å². The Bertz CT molecular complexity index is 459. The first-order chi connectivity index (χ1) is 8.80. The number of rotatable bonds is 2. The molecule has 2 rings (SSSR count). The number of ether oxygens (including phenoxy) is 1. The van der Waals surface area contributed by atoms with Crippen molar-refractivity contribution >= 4 is 5.69 Å². The van der Waals surface area contributed by atoms with Crippen molar-refractivity contribution in [3.63, 3.8) is 0 Å². The fourth-order valence-corrected chi connectivity index (χ4v) is 2.85. The molecule has 1 saturated heterocycles. The Morgan fingerprint density at radius 3 is 2.74 bits per heavy atom. The first kappa shape index (κ1) is 14.3. The summed E-state index contributed by atoms with van der Waals surface area (Å²) in [5.41, 5.74) is 0.852. The minimum absolute atomic E-state index is 0.0777. The van der Waals surface area contributed by atoms with Crippen molar-refractivity contribution in [2.24, 2.45) is 0 Å². The maximum atomic E-state index is 13.9. The number of benzene rings is 1. The molecule has 1 aliphatic heterocycles. The zero-order valence-corrected chi connectivity index (χ0v) is 12.0. The predicted molar refractivity (Wildman–Crippen MR) is 73.9 cm³/mol. The van der Waals surface area contributed by atoms with Gasteiger partial charge in [-0.15, -0.1) is 0 Å². The van der Waals surface area contributed by atoms with E-state index in [1.807, 2.05) is 26.8 Å². The van der Waals surface area contributed by atoms with Crippen molar-refractivity contribution in [2.75, 3.05) is 18.0 Å². The average molecular weight is 267 g/mol. The maximum absolute atomic E-state index is 13.9. The first-order valence-electron chi connectivity index (χ1n) is 6.69. The van der Waals surface area contributed by atoms with Gasteiger partial charge in [-0.05, 0) is 39.8 Å². The van der Waals surface area contributed by atoms with Crippen LogP contribution in [0.5, 0.6) is 0 Å². The van der Waals surface area contributed by atoms with E-state index in [0.717, 1.165) is 5.69 Å². The molecule has 19 heavy (non-hydrogen) atoms. The molecule has 0 amide bonds. The summed E-state index contributed by atoms with van der Waals surface area (Å²) in [6, 6.07) is 4.93. The van der Waals surface area contributed by atoms with Gasteiger partial charge in [-0.2, -0.15) is 0 Å². The molecule has 1 aliphatic rings. The average Bonchev–Trinajstić information content (AvgIpc) is 2.25. The van der Waals surface area contributed by atoms with E-state index in [9.17, 15) is 9.50 Å². The fourth-order valence-electron chi connectivity index (χ4n) is 2.85. The van der Waals surface area contributed by atoms with E-state index in [4.69, 9.17) is 4.74 Å². The second kappa shape index (κ2) is 5.10. The van der Waals surface area contributed by atoms with E-state index in [0.29, 0.717) is 18.7 Å². The molecule has 0 aliphatic carbocycles. The fraction of sp³-hybridized carbons (Fsp3) is 0.600. The summed E-state index contributed by atoms with van der Waals surface area (Å²) >= 11 is 0. The van der Waals surface area contributed by atoms with Gasteiger partial charge in [0.15, 0.2) is 0 Å². The van der Waals surface area contributed by atoms with Gasteiger partial charge >= 0.3 is 0 Å². The highest BCUT2D eigenvalue weighted by Crippen LogP contribution is 2.32. The molecule has 0 aromatic heterocycles. The molecule has 1 fully saturated rings. The Balaban J connectivity index is 2.39. The number of hydrogen-bond acceptors (Lipinski definition) is 3. The van der Waals surface area contributed by atoms with Crippen molar-refractivity contribution < 1.29 is 14.2 Å². The minimum atomic E-state index is -0.822. The highest BCUT2D eigenvalue weighted by Gasteiger charge is 2.33. The molecule has 1 aromatic carbocycles. The third-order valence-electron chi connectivity index (χ3n) is 3.36. The van der Waals surface area contributed by atoms with E-state index < -0.39 is 6.10 Å². The van der Waals surface area contributed by atoms with Crippen LogP contribution in [0, 0.1) is 5.82 Å². The number of morpholine rings is 1. The molecule has 1 N–H and O–H groups in total. The molecular weight excluding hydrogens is 245 g/mol. The molecule has 0 saturated carbocycles. The molecule has 1 heterocycles. The van der Waals surface area contributed by atoms with Crippen molar-refractivity contribution in [2.45, 2.75) is 45.5 Å². The molecule has 0 spiro atoms. The lowest BCUT2D eigenvalue weighted by molar-refractivity contribution is -0.0751. The number of halogens is 1. The van der Waals surface area contributed by atoms with Crippen LogP contribution in [0.1, 0.15) is 39.4 Å². The van der Waals surface area contributed by atoms with Crippen LogP contribution in [0.15, 0.2) is 18.2 Å².